The quantitative estimate of drug-likeness (QED) is 0.861. The highest BCUT2D eigenvalue weighted by molar-refractivity contribution is 7.99. The molecule has 2 N–H and O–H groups in total. The lowest BCUT2D eigenvalue weighted by Gasteiger charge is -2.20. The topological polar surface area (TPSA) is 56.7 Å². The number of thioether (sulfide) groups is 1. The van der Waals surface area contributed by atoms with Crippen molar-refractivity contribution in [2.75, 3.05) is 0 Å². The summed E-state index contributed by atoms with van der Waals surface area (Å²) in [7, 11) is 1.85. The van der Waals surface area contributed by atoms with Crippen LogP contribution < -0.4 is 5.73 Å². The summed E-state index contributed by atoms with van der Waals surface area (Å²) in [4.78, 5) is 0. The molecule has 4 nitrogen and oxygen atoms in total. The minimum Gasteiger partial charge on any atom is -0.327 e. The average Bonchev–Trinajstić information content (AvgIpc) is 2.73. The van der Waals surface area contributed by atoms with Crippen molar-refractivity contribution >= 4 is 11.8 Å². The van der Waals surface area contributed by atoms with Gasteiger partial charge in [-0.25, -0.2) is 4.39 Å². The van der Waals surface area contributed by atoms with Crippen LogP contribution in [0.1, 0.15) is 17.7 Å². The van der Waals surface area contributed by atoms with Crippen molar-refractivity contribution in [1.82, 2.24) is 14.8 Å². The molecule has 0 aliphatic heterocycles. The number of nitrogens with zero attached hydrogens (tertiary/aromatic N) is 3. The molecule has 1 aromatic heterocycles. The Morgan fingerprint density at radius 1 is 1.39 bits per heavy atom. The van der Waals surface area contributed by atoms with Crippen LogP contribution in [-0.4, -0.2) is 20.8 Å². The van der Waals surface area contributed by atoms with Crippen molar-refractivity contribution in [2.45, 2.75) is 23.4 Å². The van der Waals surface area contributed by atoms with Gasteiger partial charge in [-0.05, 0) is 13.0 Å². The molecule has 2 aromatic rings. The molecule has 1 aromatic carbocycles. The Morgan fingerprint density at radius 3 is 2.67 bits per heavy atom. The molecule has 2 atom stereocenters. The Kier molecular flexibility index (Phi) is 3.98. The maximum Gasteiger partial charge on any atom is 0.191 e. The Balaban J connectivity index is 2.30. The van der Waals surface area contributed by atoms with E-state index in [2.05, 4.69) is 10.2 Å². The summed E-state index contributed by atoms with van der Waals surface area (Å²) < 4.78 is 15.6. The predicted octanol–water partition coefficient (Wildman–Crippen LogP) is 2.13. The lowest BCUT2D eigenvalue weighted by atomic mass is 10.1. The van der Waals surface area contributed by atoms with Crippen LogP contribution in [0.5, 0.6) is 0 Å². The molecule has 0 saturated heterocycles. The van der Waals surface area contributed by atoms with Crippen molar-refractivity contribution in [3.8, 4) is 0 Å². The van der Waals surface area contributed by atoms with Crippen LogP contribution in [0.4, 0.5) is 4.39 Å². The smallest absolute Gasteiger partial charge is 0.191 e. The maximum atomic E-state index is 13.8. The fourth-order valence-electron chi connectivity index (χ4n) is 1.65. The molecule has 1 heterocycles. The number of hydrogen-bond donors (Lipinski definition) is 1. The number of aromatic nitrogens is 3. The highest BCUT2D eigenvalue weighted by Crippen LogP contribution is 2.36. The monoisotopic (exact) mass is 266 g/mol. The summed E-state index contributed by atoms with van der Waals surface area (Å²) >= 11 is 1.42. The number of rotatable bonds is 4. The van der Waals surface area contributed by atoms with Gasteiger partial charge < -0.3 is 10.3 Å². The zero-order chi connectivity index (χ0) is 13.1. The summed E-state index contributed by atoms with van der Waals surface area (Å²) in [5, 5.41) is 8.34. The number of nitrogens with two attached hydrogens (primary N) is 1. The number of hydrogen-bond acceptors (Lipinski definition) is 4. The highest BCUT2D eigenvalue weighted by Gasteiger charge is 2.22. The summed E-state index contributed by atoms with van der Waals surface area (Å²) in [6.07, 6.45) is 1.61. The number of benzene rings is 1. The van der Waals surface area contributed by atoms with Gasteiger partial charge in [-0.2, -0.15) is 0 Å². The van der Waals surface area contributed by atoms with Crippen LogP contribution >= 0.6 is 11.8 Å². The minimum atomic E-state index is -0.241. The molecule has 2 rings (SSSR count). The molecule has 0 spiro atoms. The zero-order valence-electron chi connectivity index (χ0n) is 10.2. The van der Waals surface area contributed by atoms with Gasteiger partial charge in [-0.15, -0.1) is 10.2 Å². The van der Waals surface area contributed by atoms with E-state index in [9.17, 15) is 4.39 Å². The molecule has 0 amide bonds. The van der Waals surface area contributed by atoms with E-state index in [0.717, 1.165) is 5.16 Å². The summed E-state index contributed by atoms with van der Waals surface area (Å²) in [5.41, 5.74) is 6.56. The lowest BCUT2D eigenvalue weighted by molar-refractivity contribution is 0.591. The second-order valence-electron chi connectivity index (χ2n) is 4.14. The Bertz CT molecular complexity index is 526. The molecule has 0 bridgehead atoms. The van der Waals surface area contributed by atoms with E-state index in [0.29, 0.717) is 5.56 Å². The van der Waals surface area contributed by atoms with Gasteiger partial charge >= 0.3 is 0 Å². The molecule has 0 aliphatic carbocycles. The third kappa shape index (κ3) is 2.70. The molecule has 18 heavy (non-hydrogen) atoms. The summed E-state index contributed by atoms with van der Waals surface area (Å²) in [6.45, 7) is 1.86. The van der Waals surface area contributed by atoms with Gasteiger partial charge in [0.2, 0.25) is 0 Å². The Morgan fingerprint density at radius 2 is 2.11 bits per heavy atom. The van der Waals surface area contributed by atoms with Crippen LogP contribution in [-0.2, 0) is 7.05 Å². The molecule has 0 radical (unpaired) electrons. The minimum absolute atomic E-state index is 0.186. The van der Waals surface area contributed by atoms with Gasteiger partial charge in [0, 0.05) is 18.7 Å². The Hall–Kier alpha value is -1.40. The molecule has 0 saturated carbocycles. The van der Waals surface area contributed by atoms with Gasteiger partial charge in [0.05, 0.1) is 5.25 Å². The largest absolute Gasteiger partial charge is 0.327 e. The van der Waals surface area contributed by atoms with Crippen molar-refractivity contribution in [3.63, 3.8) is 0 Å². The van der Waals surface area contributed by atoms with Crippen molar-refractivity contribution < 1.29 is 4.39 Å². The normalized spacial score (nSPS) is 14.4. The van der Waals surface area contributed by atoms with Crippen molar-refractivity contribution in [1.29, 1.82) is 0 Å². The average molecular weight is 266 g/mol. The van der Waals surface area contributed by atoms with E-state index in [1.54, 1.807) is 23.0 Å². The number of aryl methyl sites for hydroxylation is 1. The zero-order valence-corrected chi connectivity index (χ0v) is 11.1. The standard InChI is InChI=1S/C12H15FN4S/c1-8(14)11(9-5-3-4-6-10(9)13)18-12-16-15-7-17(12)2/h3-8,11H,14H2,1-2H3. The van der Waals surface area contributed by atoms with Gasteiger partial charge in [-0.1, -0.05) is 30.0 Å². The summed E-state index contributed by atoms with van der Waals surface area (Å²) in [6, 6.07) is 6.49. The van der Waals surface area contributed by atoms with Crippen molar-refractivity contribution in [2.24, 2.45) is 12.8 Å². The second-order valence-corrected chi connectivity index (χ2v) is 5.25. The molecule has 96 valence electrons. The van der Waals surface area contributed by atoms with Crippen molar-refractivity contribution in [3.05, 3.63) is 42.0 Å². The van der Waals surface area contributed by atoms with Crippen LogP contribution in [0.25, 0.3) is 0 Å². The van der Waals surface area contributed by atoms with Crippen LogP contribution in [0.3, 0.4) is 0 Å². The molecular weight excluding hydrogens is 251 g/mol. The highest BCUT2D eigenvalue weighted by atomic mass is 32.2. The maximum absolute atomic E-state index is 13.8. The molecule has 0 fully saturated rings. The van der Waals surface area contributed by atoms with Gasteiger partial charge in [0.1, 0.15) is 12.1 Å². The van der Waals surface area contributed by atoms with E-state index in [4.69, 9.17) is 5.73 Å². The van der Waals surface area contributed by atoms with E-state index in [1.807, 2.05) is 20.0 Å². The van der Waals surface area contributed by atoms with Gasteiger partial charge in [-0.3, -0.25) is 0 Å². The first-order valence-electron chi connectivity index (χ1n) is 5.60. The third-order valence-electron chi connectivity index (χ3n) is 2.59. The number of halogens is 1. The van der Waals surface area contributed by atoms with E-state index >= 15 is 0 Å². The molecule has 0 aliphatic rings. The first-order chi connectivity index (χ1) is 8.59. The molecule has 2 unspecified atom stereocenters. The second kappa shape index (κ2) is 5.49. The van der Waals surface area contributed by atoms with Crippen LogP contribution in [0.15, 0.2) is 35.7 Å². The first kappa shape index (κ1) is 13.0. The Labute approximate surface area is 109 Å². The van der Waals surface area contributed by atoms with E-state index < -0.39 is 0 Å². The van der Waals surface area contributed by atoms with Gasteiger partial charge in [0.15, 0.2) is 5.16 Å². The lowest BCUT2D eigenvalue weighted by Crippen LogP contribution is -2.23. The third-order valence-corrected chi connectivity index (χ3v) is 4.11. The predicted molar refractivity (Wildman–Crippen MR) is 69.7 cm³/mol. The van der Waals surface area contributed by atoms with Gasteiger partial charge in [0.25, 0.3) is 0 Å². The SMILES string of the molecule is CC(N)C(Sc1nncn1C)c1ccccc1F. The fourth-order valence-corrected chi connectivity index (χ4v) is 2.72. The van der Waals surface area contributed by atoms with Crippen LogP contribution in [0.2, 0.25) is 0 Å². The van der Waals surface area contributed by atoms with E-state index in [1.165, 1.54) is 17.8 Å². The fraction of sp³-hybridized carbons (Fsp3) is 0.333. The summed E-state index contributed by atoms with van der Waals surface area (Å²) in [5.74, 6) is -0.241. The molecular formula is C12H15FN4S. The first-order valence-corrected chi connectivity index (χ1v) is 6.48. The van der Waals surface area contributed by atoms with E-state index in [-0.39, 0.29) is 17.1 Å². The molecule has 6 heteroatoms. The van der Waals surface area contributed by atoms with Crippen LogP contribution in [0, 0.1) is 5.82 Å².